The van der Waals surface area contributed by atoms with Crippen molar-refractivity contribution in [1.29, 1.82) is 0 Å². The maximum atomic E-state index is 12.5. The van der Waals surface area contributed by atoms with Crippen LogP contribution in [0, 0.1) is 5.92 Å². The van der Waals surface area contributed by atoms with Gasteiger partial charge in [0.1, 0.15) is 5.75 Å². The molecule has 168 valence electrons. The Bertz CT molecular complexity index is 961. The number of methoxy groups -OCH3 is 1. The molecule has 0 spiro atoms. The van der Waals surface area contributed by atoms with E-state index in [0.717, 1.165) is 5.56 Å². The van der Waals surface area contributed by atoms with Gasteiger partial charge in [0.2, 0.25) is 15.9 Å². The van der Waals surface area contributed by atoms with E-state index < -0.39 is 33.9 Å². The third-order valence-electron chi connectivity index (χ3n) is 4.56. The van der Waals surface area contributed by atoms with Gasteiger partial charge in [0, 0.05) is 6.54 Å². The van der Waals surface area contributed by atoms with Crippen molar-refractivity contribution in [3.63, 3.8) is 0 Å². The third-order valence-corrected chi connectivity index (χ3v) is 6.12. The zero-order valence-corrected chi connectivity index (χ0v) is 18.6. The molecule has 0 fully saturated rings. The molecule has 9 heteroatoms. The van der Waals surface area contributed by atoms with Gasteiger partial charge in [-0.15, -0.1) is 0 Å². The maximum absolute atomic E-state index is 12.5. The van der Waals surface area contributed by atoms with Gasteiger partial charge in [-0.25, -0.2) is 8.42 Å². The van der Waals surface area contributed by atoms with Crippen molar-refractivity contribution >= 4 is 21.9 Å². The third kappa shape index (κ3) is 7.37. The Morgan fingerprint density at radius 1 is 1.03 bits per heavy atom. The summed E-state index contributed by atoms with van der Waals surface area (Å²) >= 11 is 0. The van der Waals surface area contributed by atoms with Crippen LogP contribution in [0.1, 0.15) is 19.4 Å². The largest absolute Gasteiger partial charge is 0.497 e. The zero-order chi connectivity index (χ0) is 22.9. The van der Waals surface area contributed by atoms with Crippen LogP contribution in [0.5, 0.6) is 5.75 Å². The highest BCUT2D eigenvalue weighted by Crippen LogP contribution is 2.16. The van der Waals surface area contributed by atoms with E-state index in [1.165, 1.54) is 38.3 Å². The summed E-state index contributed by atoms with van der Waals surface area (Å²) < 4.78 is 37.5. The predicted molar refractivity (Wildman–Crippen MR) is 116 cm³/mol. The lowest BCUT2D eigenvalue weighted by atomic mass is 9.99. The van der Waals surface area contributed by atoms with E-state index in [9.17, 15) is 18.0 Å². The van der Waals surface area contributed by atoms with Crippen molar-refractivity contribution < 1.29 is 27.5 Å². The van der Waals surface area contributed by atoms with E-state index in [-0.39, 0.29) is 18.0 Å². The Hall–Kier alpha value is -2.91. The number of esters is 1. The number of ether oxygens (including phenoxy) is 2. The summed E-state index contributed by atoms with van der Waals surface area (Å²) in [5.41, 5.74) is 0.933. The lowest BCUT2D eigenvalue weighted by molar-refractivity contribution is -0.147. The SMILES string of the molecule is CCOC(=O)C(CNC(=O)[C@H](C)NS(=O)(=O)c1ccc(OC)cc1)Cc1ccccc1. The molecule has 31 heavy (non-hydrogen) atoms. The smallest absolute Gasteiger partial charge is 0.311 e. The molecule has 0 saturated carbocycles. The molecule has 1 amide bonds. The van der Waals surface area contributed by atoms with Crippen molar-refractivity contribution in [2.24, 2.45) is 5.92 Å². The molecule has 2 N–H and O–H groups in total. The fourth-order valence-corrected chi connectivity index (χ4v) is 4.09. The molecule has 2 rings (SSSR count). The second-order valence-corrected chi connectivity index (χ2v) is 8.62. The molecule has 2 aromatic carbocycles. The van der Waals surface area contributed by atoms with Crippen LogP contribution < -0.4 is 14.8 Å². The summed E-state index contributed by atoms with van der Waals surface area (Å²) in [7, 11) is -2.42. The Labute approximate surface area is 183 Å². The molecular weight excluding hydrogens is 420 g/mol. The summed E-state index contributed by atoms with van der Waals surface area (Å²) in [6, 6.07) is 14.2. The van der Waals surface area contributed by atoms with Gasteiger partial charge in [-0.2, -0.15) is 4.72 Å². The molecule has 0 heterocycles. The number of benzene rings is 2. The first kappa shape index (κ1) is 24.4. The van der Waals surface area contributed by atoms with Crippen LogP contribution in [0.15, 0.2) is 59.5 Å². The summed E-state index contributed by atoms with van der Waals surface area (Å²) in [5.74, 6) is -1.03. The highest BCUT2D eigenvalue weighted by molar-refractivity contribution is 7.89. The maximum Gasteiger partial charge on any atom is 0.311 e. The quantitative estimate of drug-likeness (QED) is 0.508. The normalized spacial score (nSPS) is 13.1. The minimum atomic E-state index is -3.90. The molecule has 1 unspecified atom stereocenters. The van der Waals surface area contributed by atoms with Crippen LogP contribution in [0.3, 0.4) is 0 Å². The summed E-state index contributed by atoms with van der Waals surface area (Å²) in [6.07, 6.45) is 0.395. The topological polar surface area (TPSA) is 111 Å². The molecule has 0 bridgehead atoms. The van der Waals surface area contributed by atoms with Gasteiger partial charge in [0.05, 0.1) is 30.6 Å². The van der Waals surface area contributed by atoms with E-state index >= 15 is 0 Å². The fraction of sp³-hybridized carbons (Fsp3) is 0.364. The second kappa shape index (κ2) is 11.5. The van der Waals surface area contributed by atoms with Gasteiger partial charge in [-0.3, -0.25) is 9.59 Å². The molecular formula is C22H28N2O6S. The molecule has 0 aliphatic carbocycles. The molecule has 0 saturated heterocycles. The second-order valence-electron chi connectivity index (χ2n) is 6.90. The van der Waals surface area contributed by atoms with Crippen LogP contribution in [0.25, 0.3) is 0 Å². The molecule has 8 nitrogen and oxygen atoms in total. The molecule has 2 aromatic rings. The average molecular weight is 449 g/mol. The number of hydrogen-bond acceptors (Lipinski definition) is 6. The number of hydrogen-bond donors (Lipinski definition) is 2. The van der Waals surface area contributed by atoms with Crippen LogP contribution in [-0.4, -0.2) is 46.6 Å². The van der Waals surface area contributed by atoms with Crippen LogP contribution >= 0.6 is 0 Å². The number of carbonyl (C=O) groups excluding carboxylic acids is 2. The Morgan fingerprint density at radius 3 is 2.26 bits per heavy atom. The number of amides is 1. The first-order chi connectivity index (χ1) is 14.8. The lowest BCUT2D eigenvalue weighted by Crippen LogP contribution is -2.46. The van der Waals surface area contributed by atoms with Crippen molar-refractivity contribution in [3.8, 4) is 5.75 Å². The molecule has 0 aromatic heterocycles. The Kier molecular flexibility index (Phi) is 9.02. The summed E-state index contributed by atoms with van der Waals surface area (Å²) in [5, 5.41) is 2.65. The summed E-state index contributed by atoms with van der Waals surface area (Å²) in [6.45, 7) is 3.41. The average Bonchev–Trinajstić information content (AvgIpc) is 2.76. The van der Waals surface area contributed by atoms with Gasteiger partial charge in [-0.1, -0.05) is 30.3 Å². The van der Waals surface area contributed by atoms with Gasteiger partial charge < -0.3 is 14.8 Å². The Balaban J connectivity index is 1.99. The van der Waals surface area contributed by atoms with Crippen molar-refractivity contribution in [2.75, 3.05) is 20.3 Å². The zero-order valence-electron chi connectivity index (χ0n) is 17.8. The minimum Gasteiger partial charge on any atom is -0.497 e. The molecule has 0 aliphatic rings. The van der Waals surface area contributed by atoms with Crippen LogP contribution in [0.2, 0.25) is 0 Å². The van der Waals surface area contributed by atoms with Crippen LogP contribution in [-0.2, 0) is 30.8 Å². The number of carbonyl (C=O) groups is 2. The highest BCUT2D eigenvalue weighted by atomic mass is 32.2. The number of nitrogens with one attached hydrogen (secondary N) is 2. The van der Waals surface area contributed by atoms with Gasteiger partial charge in [-0.05, 0) is 50.1 Å². The van der Waals surface area contributed by atoms with E-state index in [0.29, 0.717) is 12.2 Å². The first-order valence-electron chi connectivity index (χ1n) is 9.91. The fourth-order valence-electron chi connectivity index (χ4n) is 2.88. The van der Waals surface area contributed by atoms with Crippen molar-refractivity contribution in [3.05, 3.63) is 60.2 Å². The van der Waals surface area contributed by atoms with Gasteiger partial charge >= 0.3 is 5.97 Å². The van der Waals surface area contributed by atoms with E-state index in [1.54, 1.807) is 6.92 Å². The van der Waals surface area contributed by atoms with Gasteiger partial charge in [0.25, 0.3) is 0 Å². The lowest BCUT2D eigenvalue weighted by Gasteiger charge is -2.19. The molecule has 0 radical (unpaired) electrons. The van der Waals surface area contributed by atoms with Crippen LogP contribution in [0.4, 0.5) is 0 Å². The van der Waals surface area contributed by atoms with Gasteiger partial charge in [0.15, 0.2) is 0 Å². The molecule has 0 aliphatic heterocycles. The highest BCUT2D eigenvalue weighted by Gasteiger charge is 2.25. The van der Waals surface area contributed by atoms with E-state index in [1.807, 2.05) is 30.3 Å². The van der Waals surface area contributed by atoms with Crippen molar-refractivity contribution in [2.45, 2.75) is 31.2 Å². The Morgan fingerprint density at radius 2 is 1.68 bits per heavy atom. The predicted octanol–water partition coefficient (Wildman–Crippen LogP) is 1.90. The monoisotopic (exact) mass is 448 g/mol. The van der Waals surface area contributed by atoms with E-state index in [2.05, 4.69) is 10.0 Å². The minimum absolute atomic E-state index is 0.0152. The standard InChI is InChI=1S/C22H28N2O6S/c1-4-30-22(26)18(14-17-8-6-5-7-9-17)15-23-21(25)16(2)24-31(27,28)20-12-10-19(29-3)11-13-20/h5-13,16,18,24H,4,14-15H2,1-3H3,(H,23,25)/t16-,18?/m0/s1. The van der Waals surface area contributed by atoms with Crippen molar-refractivity contribution in [1.82, 2.24) is 10.0 Å². The first-order valence-corrected chi connectivity index (χ1v) is 11.4. The van der Waals surface area contributed by atoms with E-state index in [4.69, 9.17) is 9.47 Å². The number of sulfonamides is 1. The number of rotatable bonds is 11. The summed E-state index contributed by atoms with van der Waals surface area (Å²) in [4.78, 5) is 24.8. The molecule has 2 atom stereocenters.